The lowest BCUT2D eigenvalue weighted by Gasteiger charge is -2.16. The van der Waals surface area contributed by atoms with E-state index in [4.69, 9.17) is 9.47 Å². The van der Waals surface area contributed by atoms with Crippen LogP contribution < -0.4 is 4.74 Å². The minimum atomic E-state index is -0.334. The zero-order valence-corrected chi connectivity index (χ0v) is 18.9. The Labute approximate surface area is 189 Å². The summed E-state index contributed by atoms with van der Waals surface area (Å²) in [6, 6.07) is 26.5. The number of esters is 1. The third-order valence-electron chi connectivity index (χ3n) is 5.77. The molecule has 4 aromatic rings. The van der Waals surface area contributed by atoms with Gasteiger partial charge >= 0.3 is 5.97 Å². The van der Waals surface area contributed by atoms with Crippen molar-refractivity contribution in [2.75, 3.05) is 14.2 Å². The van der Waals surface area contributed by atoms with Crippen LogP contribution in [0.2, 0.25) is 0 Å². The van der Waals surface area contributed by atoms with Crippen molar-refractivity contribution in [1.82, 2.24) is 4.57 Å². The van der Waals surface area contributed by atoms with E-state index in [2.05, 4.69) is 47.9 Å². The molecule has 0 aliphatic heterocycles. The van der Waals surface area contributed by atoms with Crippen LogP contribution in [0.25, 0.3) is 22.5 Å². The monoisotopic (exact) mass is 425 g/mol. The maximum Gasteiger partial charge on any atom is 0.340 e. The molecule has 3 aromatic carbocycles. The lowest BCUT2D eigenvalue weighted by atomic mass is 10.0. The average Bonchev–Trinajstić information content (AvgIpc) is 3.11. The lowest BCUT2D eigenvalue weighted by molar-refractivity contribution is 0.0601. The molecule has 162 valence electrons. The molecule has 4 nitrogen and oxygen atoms in total. The molecule has 0 N–H and O–H groups in total. The Bertz CT molecular complexity index is 1220. The number of aromatic nitrogens is 1. The van der Waals surface area contributed by atoms with Gasteiger partial charge in [-0.1, -0.05) is 60.2 Å². The first-order chi connectivity index (χ1) is 15.5. The standard InChI is InChI=1S/C28H27NO3/c1-19-10-12-23(13-11-19)27-25(28(30)32-4)20(2)26(22-14-16-24(31-3)17-15-22)29(27)18-21-8-6-5-7-9-21/h5-17H,18H2,1-4H3. The van der Waals surface area contributed by atoms with Gasteiger partial charge in [0.1, 0.15) is 5.75 Å². The van der Waals surface area contributed by atoms with E-state index in [0.29, 0.717) is 12.1 Å². The van der Waals surface area contributed by atoms with Gasteiger partial charge in [-0.25, -0.2) is 4.79 Å². The highest BCUT2D eigenvalue weighted by Crippen LogP contribution is 2.38. The van der Waals surface area contributed by atoms with E-state index in [1.54, 1.807) is 7.11 Å². The van der Waals surface area contributed by atoms with E-state index in [-0.39, 0.29) is 5.97 Å². The van der Waals surface area contributed by atoms with Crippen LogP contribution >= 0.6 is 0 Å². The third-order valence-corrected chi connectivity index (χ3v) is 5.77. The number of ether oxygens (including phenoxy) is 2. The van der Waals surface area contributed by atoms with Crippen molar-refractivity contribution in [2.45, 2.75) is 20.4 Å². The van der Waals surface area contributed by atoms with Gasteiger partial charge in [0.05, 0.1) is 31.2 Å². The molecule has 0 radical (unpaired) electrons. The summed E-state index contributed by atoms with van der Waals surface area (Å²) >= 11 is 0. The Balaban J connectivity index is 2.02. The van der Waals surface area contributed by atoms with Gasteiger partial charge in [-0.05, 0) is 60.4 Å². The Hall–Kier alpha value is -3.79. The first kappa shape index (κ1) is 21.4. The van der Waals surface area contributed by atoms with Gasteiger partial charge in [-0.2, -0.15) is 0 Å². The number of methoxy groups -OCH3 is 2. The summed E-state index contributed by atoms with van der Waals surface area (Å²) in [6.07, 6.45) is 0. The molecule has 0 fully saturated rings. The van der Waals surface area contributed by atoms with Crippen LogP contribution in [0.15, 0.2) is 78.9 Å². The summed E-state index contributed by atoms with van der Waals surface area (Å²) in [4.78, 5) is 13.0. The Morgan fingerprint density at radius 3 is 1.97 bits per heavy atom. The SMILES string of the molecule is COC(=O)c1c(C)c(-c2ccc(OC)cc2)n(Cc2ccccc2)c1-c1ccc(C)cc1. The second kappa shape index (κ2) is 9.15. The van der Waals surface area contributed by atoms with E-state index in [0.717, 1.165) is 39.4 Å². The molecule has 0 aliphatic carbocycles. The number of hydrogen-bond acceptors (Lipinski definition) is 3. The molecular formula is C28H27NO3. The Morgan fingerprint density at radius 2 is 1.38 bits per heavy atom. The molecule has 0 saturated heterocycles. The van der Waals surface area contributed by atoms with Gasteiger partial charge in [0, 0.05) is 6.54 Å². The Kier molecular flexibility index (Phi) is 6.13. The highest BCUT2D eigenvalue weighted by molar-refractivity contribution is 6.01. The zero-order valence-electron chi connectivity index (χ0n) is 18.9. The number of carbonyl (C=O) groups excluding carboxylic acids is 1. The molecule has 0 bridgehead atoms. The van der Waals surface area contributed by atoms with Gasteiger partial charge in [0.2, 0.25) is 0 Å². The molecule has 0 unspecified atom stereocenters. The van der Waals surface area contributed by atoms with E-state index in [9.17, 15) is 4.79 Å². The van der Waals surface area contributed by atoms with Gasteiger partial charge in [-0.15, -0.1) is 0 Å². The number of nitrogens with zero attached hydrogens (tertiary/aromatic N) is 1. The van der Waals surface area contributed by atoms with Crippen molar-refractivity contribution < 1.29 is 14.3 Å². The summed E-state index contributed by atoms with van der Waals surface area (Å²) in [5.41, 5.74) is 7.67. The quantitative estimate of drug-likeness (QED) is 0.341. The van der Waals surface area contributed by atoms with Crippen LogP contribution in [-0.2, 0) is 11.3 Å². The van der Waals surface area contributed by atoms with E-state index < -0.39 is 0 Å². The van der Waals surface area contributed by atoms with E-state index >= 15 is 0 Å². The second-order valence-electron chi connectivity index (χ2n) is 7.86. The highest BCUT2D eigenvalue weighted by atomic mass is 16.5. The minimum absolute atomic E-state index is 0.334. The van der Waals surface area contributed by atoms with Gasteiger partial charge in [-0.3, -0.25) is 0 Å². The fourth-order valence-electron chi connectivity index (χ4n) is 4.15. The molecule has 4 heteroatoms. The summed E-state index contributed by atoms with van der Waals surface area (Å²) in [6.45, 7) is 4.68. The molecule has 0 atom stereocenters. The van der Waals surface area contributed by atoms with Crippen molar-refractivity contribution in [2.24, 2.45) is 0 Å². The number of benzene rings is 3. The Morgan fingerprint density at radius 1 is 0.781 bits per heavy atom. The van der Waals surface area contributed by atoms with Crippen LogP contribution in [0.5, 0.6) is 5.75 Å². The third kappa shape index (κ3) is 4.04. The smallest absolute Gasteiger partial charge is 0.340 e. The first-order valence-corrected chi connectivity index (χ1v) is 10.6. The average molecular weight is 426 g/mol. The molecule has 1 heterocycles. The zero-order chi connectivity index (χ0) is 22.7. The van der Waals surface area contributed by atoms with Crippen LogP contribution in [-0.4, -0.2) is 24.8 Å². The van der Waals surface area contributed by atoms with Crippen LogP contribution in [0, 0.1) is 13.8 Å². The number of aryl methyl sites for hydroxylation is 1. The first-order valence-electron chi connectivity index (χ1n) is 10.6. The lowest BCUT2D eigenvalue weighted by Crippen LogP contribution is -2.07. The molecule has 1 aromatic heterocycles. The van der Waals surface area contributed by atoms with Crippen molar-refractivity contribution in [3.05, 3.63) is 101 Å². The predicted molar refractivity (Wildman–Crippen MR) is 128 cm³/mol. The fourth-order valence-corrected chi connectivity index (χ4v) is 4.15. The molecular weight excluding hydrogens is 398 g/mol. The van der Waals surface area contributed by atoms with Crippen molar-refractivity contribution in [1.29, 1.82) is 0 Å². The van der Waals surface area contributed by atoms with Crippen molar-refractivity contribution in [3.8, 4) is 28.3 Å². The predicted octanol–water partition coefficient (Wildman–Crippen LogP) is 6.28. The number of rotatable bonds is 6. The van der Waals surface area contributed by atoms with Crippen LogP contribution in [0.4, 0.5) is 0 Å². The summed E-state index contributed by atoms with van der Waals surface area (Å²) in [5.74, 6) is 0.458. The van der Waals surface area contributed by atoms with Crippen molar-refractivity contribution in [3.63, 3.8) is 0 Å². The number of hydrogen-bond donors (Lipinski definition) is 0. The molecule has 4 rings (SSSR count). The fraction of sp³-hybridized carbons (Fsp3) is 0.179. The topological polar surface area (TPSA) is 40.5 Å². The van der Waals surface area contributed by atoms with Gasteiger partial charge < -0.3 is 14.0 Å². The summed E-state index contributed by atoms with van der Waals surface area (Å²) < 4.78 is 12.8. The normalized spacial score (nSPS) is 10.8. The largest absolute Gasteiger partial charge is 0.497 e. The van der Waals surface area contributed by atoms with Crippen LogP contribution in [0.3, 0.4) is 0 Å². The molecule has 0 saturated carbocycles. The van der Waals surface area contributed by atoms with E-state index in [1.807, 2.05) is 49.4 Å². The van der Waals surface area contributed by atoms with Crippen LogP contribution in [0.1, 0.15) is 27.0 Å². The van der Waals surface area contributed by atoms with Gasteiger partial charge in [0.25, 0.3) is 0 Å². The van der Waals surface area contributed by atoms with Gasteiger partial charge in [0.15, 0.2) is 0 Å². The van der Waals surface area contributed by atoms with Crippen molar-refractivity contribution >= 4 is 5.97 Å². The second-order valence-corrected chi connectivity index (χ2v) is 7.86. The number of carbonyl (C=O) groups is 1. The minimum Gasteiger partial charge on any atom is -0.497 e. The van der Waals surface area contributed by atoms with E-state index in [1.165, 1.54) is 12.7 Å². The maximum atomic E-state index is 13.0. The summed E-state index contributed by atoms with van der Waals surface area (Å²) in [7, 11) is 3.09. The highest BCUT2D eigenvalue weighted by Gasteiger charge is 2.27. The molecule has 0 spiro atoms. The molecule has 0 aliphatic rings. The maximum absolute atomic E-state index is 13.0. The summed E-state index contributed by atoms with van der Waals surface area (Å²) in [5, 5.41) is 0. The molecule has 32 heavy (non-hydrogen) atoms. The molecule has 0 amide bonds.